The molecule has 0 aliphatic rings. The van der Waals surface area contributed by atoms with Crippen LogP contribution in [0, 0.1) is 0 Å². The molecule has 1 rings (SSSR count). The van der Waals surface area contributed by atoms with Gasteiger partial charge in [0.05, 0.1) is 7.11 Å². The highest BCUT2D eigenvalue weighted by Gasteiger charge is 1.89. The zero-order valence-corrected chi connectivity index (χ0v) is 10.5. The minimum Gasteiger partial charge on any atom is -0.497 e. The third-order valence-corrected chi connectivity index (χ3v) is 2.69. The number of halogens is 1. The fourth-order valence-corrected chi connectivity index (χ4v) is 1.57. The zero-order valence-electron chi connectivity index (χ0n) is 8.37. The predicted octanol–water partition coefficient (Wildman–Crippen LogP) is 3.92. The lowest BCUT2D eigenvalue weighted by atomic mass is 10.2. The molecule has 2 heteroatoms. The van der Waals surface area contributed by atoms with Gasteiger partial charge in [-0.2, -0.15) is 0 Å². The molecule has 0 unspecified atom stereocenters. The minimum absolute atomic E-state index is 0.911. The molecule has 0 radical (unpaired) electrons. The Kier molecular flexibility index (Phi) is 5.68. The molecular weight excluding hydrogens is 287 g/mol. The molecule has 1 aromatic carbocycles. The zero-order chi connectivity index (χ0) is 10.2. The first-order valence-corrected chi connectivity index (χ1v) is 6.26. The Morgan fingerprint density at radius 3 is 2.57 bits per heavy atom. The summed E-state index contributed by atoms with van der Waals surface area (Å²) in [6.45, 7) is 0. The van der Waals surface area contributed by atoms with Gasteiger partial charge in [-0.3, -0.25) is 0 Å². The van der Waals surface area contributed by atoms with Crippen molar-refractivity contribution in [3.8, 4) is 5.75 Å². The van der Waals surface area contributed by atoms with E-state index in [0.29, 0.717) is 0 Å². The quantitative estimate of drug-likeness (QED) is 0.455. The molecule has 0 heterocycles. The maximum absolute atomic E-state index is 5.09. The Hall–Kier alpha value is -0.510. The summed E-state index contributed by atoms with van der Waals surface area (Å²) in [5.41, 5.74) is 1.24. The summed E-state index contributed by atoms with van der Waals surface area (Å²) in [7, 11) is 1.69. The van der Waals surface area contributed by atoms with Crippen LogP contribution in [0.4, 0.5) is 0 Å². The first-order chi connectivity index (χ1) is 6.86. The highest BCUT2D eigenvalue weighted by molar-refractivity contribution is 14.1. The maximum atomic E-state index is 5.09. The molecule has 0 atom stereocenters. The maximum Gasteiger partial charge on any atom is 0.118 e. The van der Waals surface area contributed by atoms with Crippen LogP contribution in [0.3, 0.4) is 0 Å². The highest BCUT2D eigenvalue weighted by Crippen LogP contribution is 2.12. The van der Waals surface area contributed by atoms with Gasteiger partial charge in [0.2, 0.25) is 0 Å². The predicted molar refractivity (Wildman–Crippen MR) is 70.1 cm³/mol. The van der Waals surface area contributed by atoms with Crippen LogP contribution in [0.1, 0.15) is 18.4 Å². The molecule has 0 aromatic heterocycles. The number of hydrogen-bond acceptors (Lipinski definition) is 1. The molecule has 0 bridgehead atoms. The molecule has 1 nitrogen and oxygen atoms in total. The summed E-state index contributed by atoms with van der Waals surface area (Å²) in [4.78, 5) is 0. The van der Waals surface area contributed by atoms with Crippen molar-refractivity contribution in [3.05, 3.63) is 35.9 Å². The van der Waals surface area contributed by atoms with Crippen molar-refractivity contribution >= 4 is 28.7 Å². The first-order valence-electron chi connectivity index (χ1n) is 4.73. The standard InChI is InChI=1S/C12H15IO/c1-14-12-8-6-11(7-9-12)5-3-2-4-10-13/h3,5-9H,2,4,10H2,1H3/b5-3+. The minimum atomic E-state index is 0.911. The van der Waals surface area contributed by atoms with E-state index in [0.717, 1.165) is 12.2 Å². The number of rotatable bonds is 5. The van der Waals surface area contributed by atoms with Gasteiger partial charge in [-0.1, -0.05) is 46.9 Å². The van der Waals surface area contributed by atoms with Crippen LogP contribution in [-0.4, -0.2) is 11.5 Å². The van der Waals surface area contributed by atoms with Gasteiger partial charge >= 0.3 is 0 Å². The number of hydrogen-bond donors (Lipinski definition) is 0. The van der Waals surface area contributed by atoms with Gasteiger partial charge < -0.3 is 4.74 Å². The van der Waals surface area contributed by atoms with Gasteiger partial charge in [0, 0.05) is 0 Å². The second-order valence-electron chi connectivity index (χ2n) is 3.01. The van der Waals surface area contributed by atoms with E-state index in [-0.39, 0.29) is 0 Å². The summed E-state index contributed by atoms with van der Waals surface area (Å²) < 4.78 is 6.31. The van der Waals surface area contributed by atoms with Gasteiger partial charge in [-0.05, 0) is 35.0 Å². The SMILES string of the molecule is COc1ccc(/C=C/CCCI)cc1. The number of allylic oxidation sites excluding steroid dienone is 1. The molecule has 1 aromatic rings. The van der Waals surface area contributed by atoms with E-state index >= 15 is 0 Å². The van der Waals surface area contributed by atoms with Crippen molar-refractivity contribution < 1.29 is 4.74 Å². The second-order valence-corrected chi connectivity index (χ2v) is 4.09. The summed E-state index contributed by atoms with van der Waals surface area (Å²) >= 11 is 2.40. The number of unbranched alkanes of at least 4 members (excludes halogenated alkanes) is 1. The third kappa shape index (κ3) is 4.13. The number of alkyl halides is 1. The van der Waals surface area contributed by atoms with Gasteiger partial charge in [0.15, 0.2) is 0 Å². The third-order valence-electron chi connectivity index (χ3n) is 1.93. The molecule has 0 amide bonds. The van der Waals surface area contributed by atoms with E-state index in [9.17, 15) is 0 Å². The van der Waals surface area contributed by atoms with Crippen LogP contribution in [0.2, 0.25) is 0 Å². The number of benzene rings is 1. The summed E-state index contributed by atoms with van der Waals surface area (Å²) in [5, 5.41) is 0. The summed E-state index contributed by atoms with van der Waals surface area (Å²) in [6.07, 6.45) is 6.80. The largest absolute Gasteiger partial charge is 0.497 e. The summed E-state index contributed by atoms with van der Waals surface area (Å²) in [6, 6.07) is 8.11. The fraction of sp³-hybridized carbons (Fsp3) is 0.333. The van der Waals surface area contributed by atoms with Crippen molar-refractivity contribution in [1.82, 2.24) is 0 Å². The molecule has 0 saturated carbocycles. The second kappa shape index (κ2) is 6.87. The Bertz CT molecular complexity index is 277. The van der Waals surface area contributed by atoms with Crippen LogP contribution in [0.5, 0.6) is 5.75 Å². The Balaban J connectivity index is 2.47. The van der Waals surface area contributed by atoms with Crippen LogP contribution in [0.15, 0.2) is 30.3 Å². The first kappa shape index (κ1) is 11.6. The monoisotopic (exact) mass is 302 g/mol. The number of methoxy groups -OCH3 is 1. The van der Waals surface area contributed by atoms with Crippen molar-refractivity contribution in [2.75, 3.05) is 11.5 Å². The van der Waals surface area contributed by atoms with E-state index < -0.39 is 0 Å². The molecule has 14 heavy (non-hydrogen) atoms. The molecular formula is C12H15IO. The average Bonchev–Trinajstić information content (AvgIpc) is 2.25. The normalized spacial score (nSPS) is 10.7. The van der Waals surface area contributed by atoms with Gasteiger partial charge in [0.25, 0.3) is 0 Å². The molecule has 0 aliphatic carbocycles. The van der Waals surface area contributed by atoms with Crippen molar-refractivity contribution in [2.45, 2.75) is 12.8 Å². The van der Waals surface area contributed by atoms with Crippen LogP contribution < -0.4 is 4.74 Å². The van der Waals surface area contributed by atoms with Crippen LogP contribution in [-0.2, 0) is 0 Å². The van der Waals surface area contributed by atoms with Crippen molar-refractivity contribution in [1.29, 1.82) is 0 Å². The van der Waals surface area contributed by atoms with Crippen molar-refractivity contribution in [2.24, 2.45) is 0 Å². The molecule has 0 aliphatic heterocycles. The Morgan fingerprint density at radius 2 is 2.00 bits per heavy atom. The topological polar surface area (TPSA) is 9.23 Å². The lowest BCUT2D eigenvalue weighted by molar-refractivity contribution is 0.415. The molecule has 0 saturated heterocycles. The van der Waals surface area contributed by atoms with E-state index in [1.54, 1.807) is 7.11 Å². The lowest BCUT2D eigenvalue weighted by Gasteiger charge is -1.98. The van der Waals surface area contributed by atoms with Gasteiger partial charge in [-0.25, -0.2) is 0 Å². The van der Waals surface area contributed by atoms with Gasteiger partial charge in [0.1, 0.15) is 5.75 Å². The Morgan fingerprint density at radius 1 is 1.29 bits per heavy atom. The van der Waals surface area contributed by atoms with E-state index in [4.69, 9.17) is 4.74 Å². The smallest absolute Gasteiger partial charge is 0.118 e. The van der Waals surface area contributed by atoms with E-state index in [1.807, 2.05) is 12.1 Å². The van der Waals surface area contributed by atoms with Crippen molar-refractivity contribution in [3.63, 3.8) is 0 Å². The summed E-state index contributed by atoms with van der Waals surface area (Å²) in [5.74, 6) is 0.911. The Labute approximate surface area is 99.3 Å². The van der Waals surface area contributed by atoms with E-state index in [1.165, 1.54) is 16.4 Å². The molecule has 0 spiro atoms. The fourth-order valence-electron chi connectivity index (χ4n) is 1.13. The lowest BCUT2D eigenvalue weighted by Crippen LogP contribution is -1.81. The van der Waals surface area contributed by atoms with Crippen LogP contribution in [0.25, 0.3) is 6.08 Å². The molecule has 0 fully saturated rings. The molecule has 0 N–H and O–H groups in total. The van der Waals surface area contributed by atoms with Crippen LogP contribution >= 0.6 is 22.6 Å². The molecule has 76 valence electrons. The average molecular weight is 302 g/mol. The van der Waals surface area contributed by atoms with E-state index in [2.05, 4.69) is 46.9 Å². The van der Waals surface area contributed by atoms with Gasteiger partial charge in [-0.15, -0.1) is 0 Å². The number of ether oxygens (including phenoxy) is 1. The highest BCUT2D eigenvalue weighted by atomic mass is 127.